The highest BCUT2D eigenvalue weighted by atomic mass is 16.5. The maximum atomic E-state index is 12.2. The molecule has 0 saturated carbocycles. The molecular formula is C23H25NO3. The highest BCUT2D eigenvalue weighted by Crippen LogP contribution is 2.35. The maximum Gasteiger partial charge on any atom is 0.336 e. The third-order valence-corrected chi connectivity index (χ3v) is 5.73. The van der Waals surface area contributed by atoms with Crippen LogP contribution in [0.15, 0.2) is 51.7 Å². The zero-order valence-corrected chi connectivity index (χ0v) is 16.1. The molecule has 0 spiro atoms. The van der Waals surface area contributed by atoms with Crippen molar-refractivity contribution in [3.05, 3.63) is 75.1 Å². The van der Waals surface area contributed by atoms with E-state index in [2.05, 4.69) is 29.2 Å². The van der Waals surface area contributed by atoms with Gasteiger partial charge in [-0.1, -0.05) is 24.3 Å². The number of ether oxygens (including phenoxy) is 1. The van der Waals surface area contributed by atoms with Crippen molar-refractivity contribution in [3.8, 4) is 5.75 Å². The Kier molecular flexibility index (Phi) is 4.75. The molecule has 0 amide bonds. The monoisotopic (exact) mass is 363 g/mol. The van der Waals surface area contributed by atoms with Crippen molar-refractivity contribution >= 4 is 11.0 Å². The van der Waals surface area contributed by atoms with Crippen molar-refractivity contribution in [2.45, 2.75) is 39.3 Å². The van der Waals surface area contributed by atoms with Crippen molar-refractivity contribution in [3.63, 3.8) is 0 Å². The van der Waals surface area contributed by atoms with Gasteiger partial charge in [0.25, 0.3) is 0 Å². The highest BCUT2D eigenvalue weighted by Gasteiger charge is 2.27. The number of hydrogen-bond acceptors (Lipinski definition) is 4. The average molecular weight is 363 g/mol. The van der Waals surface area contributed by atoms with Crippen molar-refractivity contribution in [2.24, 2.45) is 0 Å². The van der Waals surface area contributed by atoms with Gasteiger partial charge in [-0.2, -0.15) is 0 Å². The molecule has 0 radical (unpaired) electrons. The molecule has 0 aliphatic carbocycles. The Morgan fingerprint density at radius 2 is 2.04 bits per heavy atom. The van der Waals surface area contributed by atoms with Crippen LogP contribution in [0.1, 0.15) is 41.1 Å². The van der Waals surface area contributed by atoms with Crippen LogP contribution in [0.25, 0.3) is 11.0 Å². The van der Waals surface area contributed by atoms with Gasteiger partial charge in [-0.25, -0.2) is 4.79 Å². The summed E-state index contributed by atoms with van der Waals surface area (Å²) in [7, 11) is 1.70. The average Bonchev–Trinajstić information content (AvgIpc) is 3.13. The summed E-state index contributed by atoms with van der Waals surface area (Å²) in [6.45, 7) is 5.82. The van der Waals surface area contributed by atoms with Gasteiger partial charge in [-0.15, -0.1) is 0 Å². The lowest BCUT2D eigenvalue weighted by atomic mass is 10.0. The fraction of sp³-hybridized carbons (Fsp3) is 0.348. The summed E-state index contributed by atoms with van der Waals surface area (Å²) >= 11 is 0. The van der Waals surface area contributed by atoms with Crippen LogP contribution in [0.4, 0.5) is 0 Å². The summed E-state index contributed by atoms with van der Waals surface area (Å²) in [5.74, 6) is 0.885. The first kappa shape index (κ1) is 17.8. The lowest BCUT2D eigenvalue weighted by Gasteiger charge is -2.25. The normalized spacial score (nSPS) is 17.5. The van der Waals surface area contributed by atoms with Gasteiger partial charge in [0.1, 0.15) is 11.3 Å². The smallest absolute Gasteiger partial charge is 0.336 e. The zero-order chi connectivity index (χ0) is 19.0. The first-order valence-corrected chi connectivity index (χ1v) is 9.48. The SMILES string of the molecule is COc1cccc([C@@H]2CCCN2Cc2cc(=O)oc3c(C)c(C)ccc23)c1. The highest BCUT2D eigenvalue weighted by molar-refractivity contribution is 5.83. The lowest BCUT2D eigenvalue weighted by molar-refractivity contribution is 0.248. The molecule has 140 valence electrons. The number of nitrogens with zero attached hydrogens (tertiary/aromatic N) is 1. The van der Waals surface area contributed by atoms with E-state index in [0.717, 1.165) is 59.3 Å². The van der Waals surface area contributed by atoms with Gasteiger partial charge in [-0.3, -0.25) is 4.90 Å². The summed E-state index contributed by atoms with van der Waals surface area (Å²) in [5.41, 5.74) is 4.93. The number of fused-ring (bicyclic) bond motifs is 1. The second kappa shape index (κ2) is 7.20. The summed E-state index contributed by atoms with van der Waals surface area (Å²) < 4.78 is 10.9. The van der Waals surface area contributed by atoms with E-state index in [1.807, 2.05) is 26.0 Å². The van der Waals surface area contributed by atoms with Crippen molar-refractivity contribution in [1.29, 1.82) is 0 Å². The van der Waals surface area contributed by atoms with Crippen LogP contribution in [0.2, 0.25) is 0 Å². The van der Waals surface area contributed by atoms with Gasteiger partial charge in [0.15, 0.2) is 0 Å². The molecular weight excluding hydrogens is 338 g/mol. The molecule has 1 aromatic heterocycles. The minimum Gasteiger partial charge on any atom is -0.497 e. The van der Waals surface area contributed by atoms with Crippen LogP contribution < -0.4 is 10.4 Å². The molecule has 1 fully saturated rings. The number of benzene rings is 2. The molecule has 4 nitrogen and oxygen atoms in total. The summed E-state index contributed by atoms with van der Waals surface area (Å²) in [5, 5.41) is 1.04. The molecule has 1 aliphatic rings. The topological polar surface area (TPSA) is 42.7 Å². The molecule has 1 atom stereocenters. The molecule has 3 aromatic rings. The number of likely N-dealkylation sites (tertiary alicyclic amines) is 1. The van der Waals surface area contributed by atoms with Gasteiger partial charge in [0, 0.05) is 24.0 Å². The van der Waals surface area contributed by atoms with Gasteiger partial charge in [-0.05, 0) is 67.6 Å². The fourth-order valence-corrected chi connectivity index (χ4v) is 4.12. The molecule has 27 heavy (non-hydrogen) atoms. The number of methoxy groups -OCH3 is 1. The number of rotatable bonds is 4. The van der Waals surface area contributed by atoms with Gasteiger partial charge >= 0.3 is 5.63 Å². The maximum absolute atomic E-state index is 12.2. The standard InChI is InChI=1S/C23H25NO3/c1-15-9-10-20-18(13-22(25)27-23(20)16(15)2)14-24-11-5-8-21(24)17-6-4-7-19(12-17)26-3/h4,6-7,9-10,12-13,21H,5,8,11,14H2,1-3H3/t21-/m0/s1. The Balaban J connectivity index is 1.71. The fourth-order valence-electron chi connectivity index (χ4n) is 4.12. The van der Waals surface area contributed by atoms with Crippen LogP contribution in [0.3, 0.4) is 0 Å². The molecule has 1 aliphatic heterocycles. The predicted octanol–water partition coefficient (Wildman–Crippen LogP) is 4.76. The van der Waals surface area contributed by atoms with E-state index in [1.165, 1.54) is 5.56 Å². The van der Waals surface area contributed by atoms with Crippen molar-refractivity contribution < 1.29 is 9.15 Å². The second-order valence-electron chi connectivity index (χ2n) is 7.38. The minimum atomic E-state index is -0.275. The van der Waals surface area contributed by atoms with Crippen LogP contribution >= 0.6 is 0 Å². The zero-order valence-electron chi connectivity index (χ0n) is 16.1. The van der Waals surface area contributed by atoms with E-state index in [0.29, 0.717) is 6.04 Å². The Hall–Kier alpha value is -2.59. The van der Waals surface area contributed by atoms with Gasteiger partial charge in [0.05, 0.1) is 7.11 Å². The van der Waals surface area contributed by atoms with Crippen LogP contribution in [0, 0.1) is 13.8 Å². The third kappa shape index (κ3) is 3.37. The van der Waals surface area contributed by atoms with E-state index in [9.17, 15) is 4.79 Å². The first-order valence-electron chi connectivity index (χ1n) is 9.48. The van der Waals surface area contributed by atoms with Gasteiger partial charge in [0.2, 0.25) is 0 Å². The summed E-state index contributed by atoms with van der Waals surface area (Å²) in [6.07, 6.45) is 2.27. The first-order chi connectivity index (χ1) is 13.1. The Labute approximate surface area is 159 Å². The van der Waals surface area contributed by atoms with Crippen molar-refractivity contribution in [2.75, 3.05) is 13.7 Å². The summed E-state index contributed by atoms with van der Waals surface area (Å²) in [6, 6.07) is 14.5. The molecule has 4 heteroatoms. The third-order valence-electron chi connectivity index (χ3n) is 5.73. The molecule has 1 saturated heterocycles. The summed E-state index contributed by atoms with van der Waals surface area (Å²) in [4.78, 5) is 14.6. The minimum absolute atomic E-state index is 0.275. The van der Waals surface area contributed by atoms with Crippen LogP contribution in [-0.2, 0) is 6.54 Å². The number of aryl methyl sites for hydroxylation is 2. The van der Waals surface area contributed by atoms with Crippen LogP contribution in [0.5, 0.6) is 5.75 Å². The van der Waals surface area contributed by atoms with E-state index < -0.39 is 0 Å². The molecule has 2 heterocycles. The van der Waals surface area contributed by atoms with E-state index in [4.69, 9.17) is 9.15 Å². The Morgan fingerprint density at radius 1 is 1.19 bits per heavy atom. The quantitative estimate of drug-likeness (QED) is 0.627. The largest absolute Gasteiger partial charge is 0.497 e. The molecule has 0 unspecified atom stereocenters. The van der Waals surface area contributed by atoms with E-state index in [1.54, 1.807) is 13.2 Å². The predicted molar refractivity (Wildman–Crippen MR) is 107 cm³/mol. The van der Waals surface area contributed by atoms with Crippen molar-refractivity contribution in [1.82, 2.24) is 4.90 Å². The van der Waals surface area contributed by atoms with Gasteiger partial charge < -0.3 is 9.15 Å². The molecule has 0 bridgehead atoms. The molecule has 0 N–H and O–H groups in total. The lowest BCUT2D eigenvalue weighted by Crippen LogP contribution is -2.23. The van der Waals surface area contributed by atoms with Crippen LogP contribution in [-0.4, -0.2) is 18.6 Å². The van der Waals surface area contributed by atoms with E-state index in [-0.39, 0.29) is 5.63 Å². The number of hydrogen-bond donors (Lipinski definition) is 0. The Bertz CT molecular complexity index is 1040. The molecule has 2 aromatic carbocycles. The molecule has 4 rings (SSSR count). The van der Waals surface area contributed by atoms with E-state index >= 15 is 0 Å². The Morgan fingerprint density at radius 3 is 2.85 bits per heavy atom. The second-order valence-corrected chi connectivity index (χ2v) is 7.38.